The average molecular weight is 588 g/mol. The number of urea groups is 1. The van der Waals surface area contributed by atoms with E-state index in [1.165, 1.54) is 24.8 Å². The number of benzene rings is 1. The summed E-state index contributed by atoms with van der Waals surface area (Å²) in [5, 5.41) is 16.1. The second kappa shape index (κ2) is 14.0. The van der Waals surface area contributed by atoms with Gasteiger partial charge in [-0.2, -0.15) is 0 Å². The van der Waals surface area contributed by atoms with Gasteiger partial charge >= 0.3 is 6.03 Å². The van der Waals surface area contributed by atoms with E-state index < -0.39 is 59.6 Å². The number of rotatable bonds is 5. The van der Waals surface area contributed by atoms with E-state index in [2.05, 4.69) is 31.9 Å². The normalized spacial score (nSPS) is 23.8. The molecule has 0 spiro atoms. The monoisotopic (exact) mass is 587 g/mol. The minimum absolute atomic E-state index is 0.0221. The van der Waals surface area contributed by atoms with E-state index in [-0.39, 0.29) is 43.0 Å². The lowest BCUT2D eigenvalue weighted by Crippen LogP contribution is -2.61. The van der Waals surface area contributed by atoms with E-state index in [1.54, 1.807) is 39.0 Å². The van der Waals surface area contributed by atoms with Crippen molar-refractivity contribution in [1.29, 1.82) is 0 Å². The maximum atomic E-state index is 13.3. The molecule has 7 amide bonds. The van der Waals surface area contributed by atoms with Gasteiger partial charge in [-0.1, -0.05) is 26.0 Å². The molecule has 0 unspecified atom stereocenters. The van der Waals surface area contributed by atoms with Gasteiger partial charge in [0.2, 0.25) is 23.6 Å². The minimum Gasteiger partial charge on any atom is -0.491 e. The molecular formula is C28H41N7O7. The van der Waals surface area contributed by atoms with Crippen molar-refractivity contribution in [2.45, 2.75) is 64.7 Å². The van der Waals surface area contributed by atoms with Crippen LogP contribution in [0.1, 0.15) is 51.4 Å². The molecule has 1 aromatic rings. The summed E-state index contributed by atoms with van der Waals surface area (Å²) in [6.45, 7) is 9.63. The summed E-state index contributed by atoms with van der Waals surface area (Å²) in [6.07, 6.45) is -0.480. The number of carbonyl (C=O) groups excluding carboxylic acids is 6. The molecule has 2 aliphatic rings. The summed E-state index contributed by atoms with van der Waals surface area (Å²) in [7, 11) is 0. The standard InChI is InChI=1S/C28H41N7O7/c1-16(2)22-25(39)31-17(3)15-42-20-9-7-6-8-18(20)23(37)32-19(14-21(36)34-28(4,5)26(40)33-22)24(38)29-10-12-35-13-11-30-27(35)41/h6-9,16-17,19,22H,10-15H2,1-5H3,(H,29,38)(H,30,41)(H,31,39)(H,32,37)(H,33,40)(H,34,36)/t17-,19-,22+/m0/s1. The SMILES string of the molecule is CC(C)[C@H]1NC(=O)C(C)(C)NC(=O)C[C@@H](C(=O)NCCN2CCNC2=O)NC(=O)c2ccccc2OC[C@H](C)NC1=O. The van der Waals surface area contributed by atoms with Crippen molar-refractivity contribution in [2.75, 3.05) is 32.8 Å². The molecule has 2 heterocycles. The highest BCUT2D eigenvalue weighted by Crippen LogP contribution is 2.19. The van der Waals surface area contributed by atoms with Crippen LogP contribution < -0.4 is 36.6 Å². The first kappa shape index (κ1) is 32.2. The van der Waals surface area contributed by atoms with Crippen LogP contribution in [0.2, 0.25) is 0 Å². The minimum atomic E-state index is -1.45. The van der Waals surface area contributed by atoms with E-state index >= 15 is 0 Å². The Morgan fingerprint density at radius 2 is 1.81 bits per heavy atom. The quantitative estimate of drug-likeness (QED) is 0.261. The lowest BCUT2D eigenvalue weighted by molar-refractivity contribution is -0.136. The van der Waals surface area contributed by atoms with Crippen molar-refractivity contribution in [3.05, 3.63) is 29.8 Å². The molecule has 0 bridgehead atoms. The van der Waals surface area contributed by atoms with Crippen molar-refractivity contribution >= 4 is 35.6 Å². The Balaban J connectivity index is 1.87. The number of para-hydroxylation sites is 1. The van der Waals surface area contributed by atoms with E-state index in [9.17, 15) is 28.8 Å². The van der Waals surface area contributed by atoms with Gasteiger partial charge in [-0.3, -0.25) is 24.0 Å². The first-order chi connectivity index (χ1) is 19.8. The summed E-state index contributed by atoms with van der Waals surface area (Å²) < 4.78 is 5.86. The molecule has 2 aliphatic heterocycles. The fraction of sp³-hybridized carbons (Fsp3) is 0.571. The number of fused-ring (bicyclic) bond motifs is 1. The highest BCUT2D eigenvalue weighted by Gasteiger charge is 2.36. The Morgan fingerprint density at radius 3 is 2.48 bits per heavy atom. The van der Waals surface area contributed by atoms with Crippen LogP contribution in [0, 0.1) is 5.92 Å². The molecule has 1 saturated heterocycles. The first-order valence-electron chi connectivity index (χ1n) is 14.0. The molecule has 3 atom stereocenters. The van der Waals surface area contributed by atoms with Crippen LogP contribution in [-0.4, -0.2) is 96.9 Å². The van der Waals surface area contributed by atoms with Gasteiger partial charge in [-0.05, 0) is 38.8 Å². The Hall–Kier alpha value is -4.36. The molecule has 1 aromatic carbocycles. The molecule has 230 valence electrons. The number of ether oxygens (including phenoxy) is 1. The van der Waals surface area contributed by atoms with Crippen LogP contribution >= 0.6 is 0 Å². The van der Waals surface area contributed by atoms with Crippen LogP contribution in [0.4, 0.5) is 4.79 Å². The molecule has 0 radical (unpaired) electrons. The zero-order valence-electron chi connectivity index (χ0n) is 24.7. The summed E-state index contributed by atoms with van der Waals surface area (Å²) in [5.41, 5.74) is -1.32. The van der Waals surface area contributed by atoms with Gasteiger partial charge in [0.1, 0.15) is 30.0 Å². The lowest BCUT2D eigenvalue weighted by Gasteiger charge is -2.30. The van der Waals surface area contributed by atoms with Gasteiger partial charge < -0.3 is 41.5 Å². The number of nitrogens with one attached hydrogen (secondary N) is 6. The molecular weight excluding hydrogens is 546 g/mol. The first-order valence-corrected chi connectivity index (χ1v) is 14.0. The molecule has 0 aromatic heterocycles. The second-order valence-corrected chi connectivity index (χ2v) is 11.3. The summed E-state index contributed by atoms with van der Waals surface area (Å²) in [4.78, 5) is 79.2. The van der Waals surface area contributed by atoms with Crippen molar-refractivity contribution < 1.29 is 33.5 Å². The smallest absolute Gasteiger partial charge is 0.317 e. The maximum Gasteiger partial charge on any atom is 0.317 e. The zero-order chi connectivity index (χ0) is 31.0. The molecule has 14 nitrogen and oxygen atoms in total. The predicted molar refractivity (Wildman–Crippen MR) is 152 cm³/mol. The third-order valence-corrected chi connectivity index (χ3v) is 6.90. The van der Waals surface area contributed by atoms with Gasteiger partial charge in [-0.15, -0.1) is 0 Å². The number of nitrogens with zero attached hydrogens (tertiary/aromatic N) is 1. The third-order valence-electron chi connectivity index (χ3n) is 6.90. The topological polar surface area (TPSA) is 187 Å². The van der Waals surface area contributed by atoms with Gasteiger partial charge in [-0.25, -0.2) is 4.79 Å². The summed E-state index contributed by atoms with van der Waals surface area (Å²) >= 11 is 0. The second-order valence-electron chi connectivity index (χ2n) is 11.3. The number of carbonyl (C=O) groups is 6. The van der Waals surface area contributed by atoms with Crippen molar-refractivity contribution in [1.82, 2.24) is 36.8 Å². The Labute approximate surface area is 245 Å². The zero-order valence-corrected chi connectivity index (χ0v) is 24.7. The van der Waals surface area contributed by atoms with Gasteiger partial charge in [0.15, 0.2) is 0 Å². The van der Waals surface area contributed by atoms with Gasteiger partial charge in [0.05, 0.1) is 18.0 Å². The number of amides is 7. The van der Waals surface area contributed by atoms with Crippen LogP contribution in [-0.2, 0) is 19.2 Å². The van der Waals surface area contributed by atoms with Crippen LogP contribution in [0.5, 0.6) is 5.75 Å². The molecule has 1 fully saturated rings. The van der Waals surface area contributed by atoms with E-state index in [1.807, 2.05) is 0 Å². The van der Waals surface area contributed by atoms with E-state index in [4.69, 9.17) is 4.74 Å². The van der Waals surface area contributed by atoms with Crippen molar-refractivity contribution in [2.24, 2.45) is 5.92 Å². The molecule has 42 heavy (non-hydrogen) atoms. The highest BCUT2D eigenvalue weighted by molar-refractivity contribution is 6.01. The van der Waals surface area contributed by atoms with Crippen molar-refractivity contribution in [3.8, 4) is 5.75 Å². The largest absolute Gasteiger partial charge is 0.491 e. The number of hydrogen-bond acceptors (Lipinski definition) is 7. The van der Waals surface area contributed by atoms with Crippen LogP contribution in [0.3, 0.4) is 0 Å². The lowest BCUT2D eigenvalue weighted by atomic mass is 9.98. The average Bonchev–Trinajstić information content (AvgIpc) is 3.33. The van der Waals surface area contributed by atoms with E-state index in [0.717, 1.165) is 0 Å². The van der Waals surface area contributed by atoms with Crippen molar-refractivity contribution in [3.63, 3.8) is 0 Å². The highest BCUT2D eigenvalue weighted by atomic mass is 16.5. The Morgan fingerprint density at radius 1 is 1.10 bits per heavy atom. The Bertz CT molecular complexity index is 1200. The maximum absolute atomic E-state index is 13.3. The molecule has 0 saturated carbocycles. The number of hydrogen-bond donors (Lipinski definition) is 6. The fourth-order valence-electron chi connectivity index (χ4n) is 4.47. The van der Waals surface area contributed by atoms with Crippen LogP contribution in [0.25, 0.3) is 0 Å². The summed E-state index contributed by atoms with van der Waals surface area (Å²) in [5.74, 6) is -3.04. The molecule has 6 N–H and O–H groups in total. The summed E-state index contributed by atoms with van der Waals surface area (Å²) in [6, 6.07) is 3.49. The molecule has 0 aliphatic carbocycles. The van der Waals surface area contributed by atoms with Gasteiger partial charge in [0, 0.05) is 26.2 Å². The molecule has 14 heteroatoms. The third kappa shape index (κ3) is 8.57. The van der Waals surface area contributed by atoms with Gasteiger partial charge in [0.25, 0.3) is 5.91 Å². The Kier molecular flexibility index (Phi) is 10.7. The predicted octanol–water partition coefficient (Wildman–Crippen LogP) is -0.751. The van der Waals surface area contributed by atoms with E-state index in [0.29, 0.717) is 13.1 Å². The molecule has 3 rings (SSSR count). The van der Waals surface area contributed by atoms with Crippen LogP contribution in [0.15, 0.2) is 24.3 Å². The fourth-order valence-corrected chi connectivity index (χ4v) is 4.47.